The van der Waals surface area contributed by atoms with Crippen LogP contribution in [-0.4, -0.2) is 0 Å². The molecule has 0 saturated carbocycles. The van der Waals surface area contributed by atoms with Gasteiger partial charge in [-0.25, -0.2) is 0 Å². The van der Waals surface area contributed by atoms with Gasteiger partial charge in [0.25, 0.3) is 0 Å². The molecule has 2 atom stereocenters. The van der Waals surface area contributed by atoms with Crippen LogP contribution in [0.2, 0.25) is 0 Å². The zero-order chi connectivity index (χ0) is 15.6. The second kappa shape index (κ2) is 6.44. The summed E-state index contributed by atoms with van der Waals surface area (Å²) in [6.45, 7) is 13.2. The normalized spacial score (nSPS) is 14.0. The summed E-state index contributed by atoms with van der Waals surface area (Å²) in [5.74, 6) is 0. The van der Waals surface area contributed by atoms with Gasteiger partial charge in [-0.2, -0.15) is 0 Å². The molecule has 1 nitrogen and oxygen atoms in total. The number of aryl methyl sites for hydroxylation is 4. The van der Waals surface area contributed by atoms with Crippen molar-refractivity contribution < 1.29 is 0 Å². The summed E-state index contributed by atoms with van der Waals surface area (Å²) in [4.78, 5) is 0. The molecule has 0 aromatic heterocycles. The van der Waals surface area contributed by atoms with E-state index < -0.39 is 0 Å². The number of hydrogen-bond acceptors (Lipinski definition) is 1. The zero-order valence-electron chi connectivity index (χ0n) is 14.1. The lowest BCUT2D eigenvalue weighted by Crippen LogP contribution is -2.23. The van der Waals surface area contributed by atoms with Crippen LogP contribution in [0.5, 0.6) is 0 Å². The van der Waals surface area contributed by atoms with Gasteiger partial charge in [-0.15, -0.1) is 0 Å². The Morgan fingerprint density at radius 3 is 1.95 bits per heavy atom. The molecule has 2 rings (SSSR count). The topological polar surface area (TPSA) is 12.0 Å². The van der Waals surface area contributed by atoms with Gasteiger partial charge in [0.05, 0.1) is 0 Å². The van der Waals surface area contributed by atoms with E-state index in [4.69, 9.17) is 0 Å². The Labute approximate surface area is 129 Å². The van der Waals surface area contributed by atoms with E-state index in [1.165, 1.54) is 33.4 Å². The fourth-order valence-corrected chi connectivity index (χ4v) is 3.05. The van der Waals surface area contributed by atoms with Gasteiger partial charge in [-0.3, -0.25) is 0 Å². The SMILES string of the molecule is Cc1cc(C)cc(C(C)NC(C)c2cc(C)ccc2C)c1. The monoisotopic (exact) mass is 281 g/mol. The van der Waals surface area contributed by atoms with E-state index >= 15 is 0 Å². The molecule has 0 spiro atoms. The van der Waals surface area contributed by atoms with Gasteiger partial charge in [0.1, 0.15) is 0 Å². The first kappa shape index (κ1) is 15.8. The van der Waals surface area contributed by atoms with Crippen LogP contribution in [-0.2, 0) is 0 Å². The van der Waals surface area contributed by atoms with Crippen molar-refractivity contribution in [3.8, 4) is 0 Å². The molecule has 2 aromatic rings. The Bertz CT molecular complexity index is 607. The predicted molar refractivity (Wildman–Crippen MR) is 91.8 cm³/mol. The van der Waals surface area contributed by atoms with Gasteiger partial charge in [-0.05, 0) is 58.2 Å². The van der Waals surface area contributed by atoms with Gasteiger partial charge in [0, 0.05) is 12.1 Å². The van der Waals surface area contributed by atoms with Crippen LogP contribution in [0.4, 0.5) is 0 Å². The van der Waals surface area contributed by atoms with Crippen LogP contribution < -0.4 is 5.32 Å². The van der Waals surface area contributed by atoms with Crippen molar-refractivity contribution in [3.05, 3.63) is 69.8 Å². The summed E-state index contributed by atoms with van der Waals surface area (Å²) in [5.41, 5.74) is 8.10. The molecule has 21 heavy (non-hydrogen) atoms. The van der Waals surface area contributed by atoms with Crippen molar-refractivity contribution >= 4 is 0 Å². The molecule has 0 heterocycles. The van der Waals surface area contributed by atoms with Crippen molar-refractivity contribution in [1.29, 1.82) is 0 Å². The molecule has 0 aliphatic rings. The molecule has 0 fully saturated rings. The molecule has 1 heteroatoms. The maximum atomic E-state index is 3.73. The van der Waals surface area contributed by atoms with E-state index in [-0.39, 0.29) is 0 Å². The molecule has 112 valence electrons. The fourth-order valence-electron chi connectivity index (χ4n) is 3.05. The van der Waals surface area contributed by atoms with Gasteiger partial charge >= 0.3 is 0 Å². The van der Waals surface area contributed by atoms with Gasteiger partial charge in [-0.1, -0.05) is 53.1 Å². The van der Waals surface area contributed by atoms with E-state index in [9.17, 15) is 0 Å². The first-order valence-corrected chi connectivity index (χ1v) is 7.78. The minimum atomic E-state index is 0.346. The summed E-state index contributed by atoms with van der Waals surface area (Å²) in [6.07, 6.45) is 0. The maximum Gasteiger partial charge on any atom is 0.0300 e. The van der Waals surface area contributed by atoms with E-state index in [2.05, 4.69) is 83.3 Å². The predicted octanol–water partition coefficient (Wildman–Crippen LogP) is 5.33. The minimum absolute atomic E-state index is 0.346. The summed E-state index contributed by atoms with van der Waals surface area (Å²) in [7, 11) is 0. The van der Waals surface area contributed by atoms with Crippen LogP contribution in [0.15, 0.2) is 36.4 Å². The van der Waals surface area contributed by atoms with E-state index in [0.29, 0.717) is 12.1 Å². The van der Waals surface area contributed by atoms with Crippen molar-refractivity contribution in [2.45, 2.75) is 53.6 Å². The van der Waals surface area contributed by atoms with Crippen molar-refractivity contribution in [2.75, 3.05) is 0 Å². The second-order valence-electron chi connectivity index (χ2n) is 6.39. The lowest BCUT2D eigenvalue weighted by Gasteiger charge is -2.23. The summed E-state index contributed by atoms with van der Waals surface area (Å²) < 4.78 is 0. The Morgan fingerprint density at radius 2 is 1.33 bits per heavy atom. The van der Waals surface area contributed by atoms with Gasteiger partial charge in [0.2, 0.25) is 0 Å². The molecule has 2 unspecified atom stereocenters. The first-order valence-electron chi connectivity index (χ1n) is 7.78. The van der Waals surface area contributed by atoms with Crippen molar-refractivity contribution in [3.63, 3.8) is 0 Å². The fraction of sp³-hybridized carbons (Fsp3) is 0.400. The summed E-state index contributed by atoms with van der Waals surface area (Å²) in [6, 6.07) is 14.2. The lowest BCUT2D eigenvalue weighted by atomic mass is 9.97. The quantitative estimate of drug-likeness (QED) is 0.798. The number of nitrogens with one attached hydrogen (secondary N) is 1. The molecule has 0 amide bonds. The van der Waals surface area contributed by atoms with Crippen LogP contribution >= 0.6 is 0 Å². The van der Waals surface area contributed by atoms with Gasteiger partial charge in [0.15, 0.2) is 0 Å². The molecule has 0 radical (unpaired) electrons. The summed E-state index contributed by atoms with van der Waals surface area (Å²) in [5, 5.41) is 3.73. The Morgan fingerprint density at radius 1 is 0.714 bits per heavy atom. The molecular weight excluding hydrogens is 254 g/mol. The maximum absolute atomic E-state index is 3.73. The first-order chi connectivity index (χ1) is 9.86. The molecule has 0 aliphatic carbocycles. The van der Waals surface area contributed by atoms with Gasteiger partial charge < -0.3 is 5.32 Å². The molecule has 0 aliphatic heterocycles. The third-order valence-electron chi connectivity index (χ3n) is 4.15. The van der Waals surface area contributed by atoms with E-state index in [1.807, 2.05) is 0 Å². The highest BCUT2D eigenvalue weighted by atomic mass is 14.9. The lowest BCUT2D eigenvalue weighted by molar-refractivity contribution is 0.492. The molecule has 2 aromatic carbocycles. The molecule has 0 saturated heterocycles. The van der Waals surface area contributed by atoms with Crippen molar-refractivity contribution in [2.24, 2.45) is 0 Å². The Balaban J connectivity index is 2.18. The molecule has 1 N–H and O–H groups in total. The Hall–Kier alpha value is -1.60. The number of benzene rings is 2. The highest BCUT2D eigenvalue weighted by Gasteiger charge is 2.13. The highest BCUT2D eigenvalue weighted by molar-refractivity contribution is 5.34. The smallest absolute Gasteiger partial charge is 0.0300 e. The third-order valence-corrected chi connectivity index (χ3v) is 4.15. The second-order valence-corrected chi connectivity index (χ2v) is 6.39. The molecular formula is C20H27N. The van der Waals surface area contributed by atoms with Crippen LogP contribution in [0.3, 0.4) is 0 Å². The number of rotatable bonds is 4. The highest BCUT2D eigenvalue weighted by Crippen LogP contribution is 2.24. The van der Waals surface area contributed by atoms with Crippen LogP contribution in [0.1, 0.15) is 59.3 Å². The Kier molecular flexibility index (Phi) is 4.84. The standard InChI is InChI=1S/C20H27N/c1-13-7-8-16(4)20(12-13)18(6)21-17(5)19-10-14(2)9-15(3)11-19/h7-12,17-18,21H,1-6H3. The zero-order valence-corrected chi connectivity index (χ0v) is 14.1. The molecule has 0 bridgehead atoms. The largest absolute Gasteiger partial charge is 0.304 e. The van der Waals surface area contributed by atoms with Crippen molar-refractivity contribution in [1.82, 2.24) is 5.32 Å². The summed E-state index contributed by atoms with van der Waals surface area (Å²) >= 11 is 0. The van der Waals surface area contributed by atoms with E-state index in [1.54, 1.807) is 0 Å². The number of hydrogen-bond donors (Lipinski definition) is 1. The third kappa shape index (κ3) is 3.95. The minimum Gasteiger partial charge on any atom is -0.304 e. The van der Waals surface area contributed by atoms with E-state index in [0.717, 1.165) is 0 Å². The average molecular weight is 281 g/mol. The van der Waals surface area contributed by atoms with Crippen LogP contribution in [0.25, 0.3) is 0 Å². The average Bonchev–Trinajstić information content (AvgIpc) is 2.40. The van der Waals surface area contributed by atoms with Crippen LogP contribution in [0, 0.1) is 27.7 Å².